The number of amides is 1. The molecule has 15 heavy (non-hydrogen) atoms. The summed E-state index contributed by atoms with van der Waals surface area (Å²) in [6.45, 7) is 3.61. The molecule has 0 saturated carbocycles. The molecule has 0 aliphatic carbocycles. The van der Waals surface area contributed by atoms with Crippen molar-refractivity contribution in [1.29, 1.82) is 0 Å². The lowest BCUT2D eigenvalue weighted by Gasteiger charge is -2.19. The van der Waals surface area contributed by atoms with Crippen molar-refractivity contribution in [1.82, 2.24) is 4.31 Å². The lowest BCUT2D eigenvalue weighted by atomic mass is 10.1. The van der Waals surface area contributed by atoms with Gasteiger partial charge in [0.15, 0.2) is 0 Å². The van der Waals surface area contributed by atoms with Crippen LogP contribution in [0.25, 0.3) is 0 Å². The maximum Gasteiger partial charge on any atom is 0.425 e. The number of methoxy groups -OCH3 is 1. The van der Waals surface area contributed by atoms with Crippen molar-refractivity contribution >= 4 is 16.4 Å². The summed E-state index contributed by atoms with van der Waals surface area (Å²) < 4.78 is 32.9. The van der Waals surface area contributed by atoms with Crippen LogP contribution in [0.3, 0.4) is 0 Å². The smallest absolute Gasteiger partial charge is 0.425 e. The molecule has 0 bridgehead atoms. The Balaban J connectivity index is 3.04. The Morgan fingerprint density at radius 3 is 2.40 bits per heavy atom. The van der Waals surface area contributed by atoms with Gasteiger partial charge in [-0.25, -0.2) is 8.98 Å². The summed E-state index contributed by atoms with van der Waals surface area (Å²) in [6.07, 6.45) is -0.324. The molecule has 0 aromatic heterocycles. The van der Waals surface area contributed by atoms with E-state index in [1.165, 1.54) is 0 Å². The van der Waals surface area contributed by atoms with E-state index in [1.807, 2.05) is 6.92 Å². The molecule has 6 nitrogen and oxygen atoms in total. The number of ether oxygens (including phenoxy) is 1. The summed E-state index contributed by atoms with van der Waals surface area (Å²) in [7, 11) is -2.82. The van der Waals surface area contributed by atoms with E-state index < -0.39 is 28.5 Å². The molecule has 1 rings (SSSR count). The highest BCUT2D eigenvalue weighted by molar-refractivity contribution is 7.85. The molecule has 7 heteroatoms. The van der Waals surface area contributed by atoms with Crippen molar-refractivity contribution in [3.63, 3.8) is 0 Å². The summed E-state index contributed by atoms with van der Waals surface area (Å²) in [5.74, 6) is 0. The Kier molecular flexibility index (Phi) is 3.56. The largest absolute Gasteiger partial charge is 0.452 e. The molecule has 0 spiro atoms. The summed E-state index contributed by atoms with van der Waals surface area (Å²) in [6, 6.07) is -0.465. The van der Waals surface area contributed by atoms with Crippen LogP contribution in [-0.2, 0) is 19.2 Å². The lowest BCUT2D eigenvalue weighted by molar-refractivity contribution is 0.130. The van der Waals surface area contributed by atoms with E-state index in [1.54, 1.807) is 6.92 Å². The van der Waals surface area contributed by atoms with Crippen molar-refractivity contribution in [2.75, 3.05) is 7.11 Å². The molecule has 0 aromatic rings. The van der Waals surface area contributed by atoms with Gasteiger partial charge in [0, 0.05) is 0 Å². The number of hydrogen-bond acceptors (Lipinski definition) is 5. The first-order valence-electron chi connectivity index (χ1n) is 4.78. The molecule has 0 N–H and O–H groups in total. The van der Waals surface area contributed by atoms with Crippen molar-refractivity contribution in [2.24, 2.45) is 0 Å². The third-order valence-corrected chi connectivity index (χ3v) is 3.78. The first-order chi connectivity index (χ1) is 6.97. The average Bonchev–Trinajstić information content (AvgIpc) is 2.47. The minimum atomic E-state index is -3.96. The second kappa shape index (κ2) is 4.36. The third-order valence-electron chi connectivity index (χ3n) is 2.39. The Morgan fingerprint density at radius 1 is 1.40 bits per heavy atom. The molecule has 1 aliphatic heterocycles. The van der Waals surface area contributed by atoms with Gasteiger partial charge in [-0.2, -0.15) is 12.7 Å². The molecule has 1 saturated heterocycles. The van der Waals surface area contributed by atoms with E-state index in [9.17, 15) is 13.2 Å². The fourth-order valence-corrected chi connectivity index (χ4v) is 3.21. The Labute approximate surface area is 89.4 Å². The van der Waals surface area contributed by atoms with Crippen LogP contribution in [0.4, 0.5) is 4.79 Å². The normalized spacial score (nSPS) is 29.1. The molecule has 88 valence electrons. The zero-order chi connectivity index (χ0) is 11.6. The van der Waals surface area contributed by atoms with E-state index in [0.29, 0.717) is 17.1 Å². The van der Waals surface area contributed by atoms with E-state index in [-0.39, 0.29) is 0 Å². The van der Waals surface area contributed by atoms with Gasteiger partial charge in [-0.05, 0) is 12.8 Å². The highest BCUT2D eigenvalue weighted by atomic mass is 32.2. The second-order valence-corrected chi connectivity index (χ2v) is 4.68. The minimum Gasteiger partial charge on any atom is -0.452 e. The van der Waals surface area contributed by atoms with E-state index in [0.717, 1.165) is 7.11 Å². The van der Waals surface area contributed by atoms with Gasteiger partial charge in [-0.1, -0.05) is 13.8 Å². The zero-order valence-electron chi connectivity index (χ0n) is 8.97. The van der Waals surface area contributed by atoms with E-state index in [4.69, 9.17) is 4.18 Å². The van der Waals surface area contributed by atoms with Gasteiger partial charge in [0.05, 0.1) is 13.2 Å². The topological polar surface area (TPSA) is 72.9 Å². The quantitative estimate of drug-likeness (QED) is 0.713. The Bertz CT molecular complexity index is 339. The fourth-order valence-electron chi connectivity index (χ4n) is 1.67. The van der Waals surface area contributed by atoms with Crippen LogP contribution in [-0.4, -0.2) is 38.1 Å². The molecular weight excluding hydrogens is 222 g/mol. The SMILES string of the molecule is CC[C@@H]1OS(=O)(=O)N(C(=O)OC)[C@H]1CC. The molecule has 1 heterocycles. The van der Waals surface area contributed by atoms with Crippen LogP contribution in [0.15, 0.2) is 0 Å². The third kappa shape index (κ3) is 2.07. The highest BCUT2D eigenvalue weighted by Gasteiger charge is 2.48. The number of carbonyl (C=O) groups excluding carboxylic acids is 1. The maximum absolute atomic E-state index is 11.5. The molecular formula is C8H15NO5S. The molecule has 1 amide bonds. The number of hydrogen-bond donors (Lipinski definition) is 0. The monoisotopic (exact) mass is 237 g/mol. The summed E-state index contributed by atoms with van der Waals surface area (Å²) in [5, 5.41) is 0. The Hall–Kier alpha value is -0.820. The fraction of sp³-hybridized carbons (Fsp3) is 0.875. The van der Waals surface area contributed by atoms with Crippen LogP contribution in [0, 0.1) is 0 Å². The van der Waals surface area contributed by atoms with Gasteiger partial charge in [-0.3, -0.25) is 0 Å². The van der Waals surface area contributed by atoms with Crippen molar-refractivity contribution in [3.8, 4) is 0 Å². The van der Waals surface area contributed by atoms with Crippen molar-refractivity contribution < 1.29 is 22.1 Å². The number of rotatable bonds is 2. The summed E-state index contributed by atoms with van der Waals surface area (Å²) >= 11 is 0. The van der Waals surface area contributed by atoms with Gasteiger partial charge in [0.2, 0.25) is 0 Å². The van der Waals surface area contributed by atoms with Gasteiger partial charge >= 0.3 is 16.4 Å². The number of nitrogens with zero attached hydrogens (tertiary/aromatic N) is 1. The van der Waals surface area contributed by atoms with Gasteiger partial charge in [0.1, 0.15) is 6.10 Å². The molecule has 1 fully saturated rings. The predicted octanol–water partition coefficient (Wildman–Crippen LogP) is 0.887. The summed E-state index contributed by atoms with van der Waals surface area (Å²) in [4.78, 5) is 11.3. The van der Waals surface area contributed by atoms with Crippen molar-refractivity contribution in [3.05, 3.63) is 0 Å². The molecule has 0 radical (unpaired) electrons. The van der Waals surface area contributed by atoms with Gasteiger partial charge in [0.25, 0.3) is 0 Å². The molecule has 1 aliphatic rings. The highest BCUT2D eigenvalue weighted by Crippen LogP contribution is 2.29. The van der Waals surface area contributed by atoms with E-state index >= 15 is 0 Å². The Morgan fingerprint density at radius 2 is 2.00 bits per heavy atom. The van der Waals surface area contributed by atoms with Crippen molar-refractivity contribution in [2.45, 2.75) is 38.8 Å². The maximum atomic E-state index is 11.5. The zero-order valence-corrected chi connectivity index (χ0v) is 9.78. The minimum absolute atomic E-state index is 0.465. The van der Waals surface area contributed by atoms with Gasteiger partial charge < -0.3 is 4.74 Å². The predicted molar refractivity (Wildman–Crippen MR) is 52.4 cm³/mol. The van der Waals surface area contributed by atoms with E-state index in [2.05, 4.69) is 4.74 Å². The average molecular weight is 237 g/mol. The van der Waals surface area contributed by atoms with Crippen LogP contribution in [0.5, 0.6) is 0 Å². The first-order valence-corrected chi connectivity index (χ1v) is 6.15. The van der Waals surface area contributed by atoms with Crippen LogP contribution < -0.4 is 0 Å². The first kappa shape index (κ1) is 12.3. The second-order valence-electron chi connectivity index (χ2n) is 3.24. The lowest BCUT2D eigenvalue weighted by Crippen LogP contribution is -2.40. The molecule has 0 unspecified atom stereocenters. The van der Waals surface area contributed by atoms with Crippen LogP contribution >= 0.6 is 0 Å². The van der Waals surface area contributed by atoms with Crippen LogP contribution in [0.1, 0.15) is 26.7 Å². The number of carbonyl (C=O) groups is 1. The van der Waals surface area contributed by atoms with Crippen LogP contribution in [0.2, 0.25) is 0 Å². The van der Waals surface area contributed by atoms with Gasteiger partial charge in [-0.15, -0.1) is 0 Å². The standard InChI is InChI=1S/C8H15NO5S/c1-4-6-7(5-2)14-15(11,12)9(6)8(10)13-3/h6-7H,4-5H2,1-3H3/t6-,7-/m0/s1. The molecule has 2 atom stereocenters. The summed E-state index contributed by atoms with van der Waals surface area (Å²) in [5.41, 5.74) is 0. The molecule has 0 aromatic carbocycles.